The van der Waals surface area contributed by atoms with Crippen LogP contribution in [0.4, 0.5) is 16.2 Å². The lowest BCUT2D eigenvalue weighted by molar-refractivity contribution is -0.122. The third-order valence-corrected chi connectivity index (χ3v) is 6.65. The Kier molecular flexibility index (Phi) is 8.55. The number of carbonyl (C=O) groups excluding carboxylic acids is 4. The highest BCUT2D eigenvalue weighted by atomic mass is 35.5. The lowest BCUT2D eigenvalue weighted by atomic mass is 10.0. The number of ether oxygens (including phenoxy) is 2. The van der Waals surface area contributed by atoms with Gasteiger partial charge in [0.1, 0.15) is 5.57 Å². The molecule has 1 aliphatic heterocycles. The SMILES string of the molecule is CCOc1cc(/C=C2/C(=O)NC(=O)N(c3ccc(C)c(C)c3)C2=O)ccc1OCC(=O)Nc1ccc(C)c(Cl)c1. The first-order chi connectivity index (χ1) is 19.1. The Balaban J connectivity index is 1.53. The molecule has 1 saturated heterocycles. The smallest absolute Gasteiger partial charge is 0.335 e. The number of aryl methyl sites for hydroxylation is 3. The summed E-state index contributed by atoms with van der Waals surface area (Å²) in [6.45, 7) is 7.45. The normalized spacial score (nSPS) is 14.3. The van der Waals surface area contributed by atoms with E-state index in [9.17, 15) is 19.2 Å². The highest BCUT2D eigenvalue weighted by Crippen LogP contribution is 2.31. The Hall–Kier alpha value is -4.63. The zero-order valence-electron chi connectivity index (χ0n) is 22.5. The number of barbiturate groups is 1. The number of urea groups is 1. The zero-order chi connectivity index (χ0) is 29.0. The molecular weight excluding hydrogens is 534 g/mol. The van der Waals surface area contributed by atoms with E-state index in [-0.39, 0.29) is 12.2 Å². The van der Waals surface area contributed by atoms with Gasteiger partial charge in [-0.05, 0) is 92.4 Å². The van der Waals surface area contributed by atoms with Crippen LogP contribution in [0.25, 0.3) is 6.08 Å². The predicted octanol–water partition coefficient (Wildman–Crippen LogP) is 5.35. The molecule has 1 heterocycles. The minimum Gasteiger partial charge on any atom is -0.490 e. The van der Waals surface area contributed by atoms with Crippen LogP contribution in [0.1, 0.15) is 29.2 Å². The Bertz CT molecular complexity index is 1550. The summed E-state index contributed by atoms with van der Waals surface area (Å²) in [6.07, 6.45) is 1.37. The van der Waals surface area contributed by atoms with Crippen LogP contribution in [0, 0.1) is 20.8 Å². The summed E-state index contributed by atoms with van der Waals surface area (Å²) in [5.41, 5.74) is 3.93. The number of rotatable bonds is 8. The molecule has 40 heavy (non-hydrogen) atoms. The van der Waals surface area contributed by atoms with Gasteiger partial charge >= 0.3 is 6.03 Å². The average molecular weight is 562 g/mol. The second-order valence-electron chi connectivity index (χ2n) is 9.17. The van der Waals surface area contributed by atoms with Gasteiger partial charge in [-0.3, -0.25) is 19.7 Å². The average Bonchev–Trinajstić information content (AvgIpc) is 2.90. The van der Waals surface area contributed by atoms with E-state index in [1.165, 1.54) is 6.08 Å². The monoisotopic (exact) mass is 561 g/mol. The van der Waals surface area contributed by atoms with Crippen molar-refractivity contribution < 1.29 is 28.7 Å². The molecule has 9 nitrogen and oxygen atoms in total. The second kappa shape index (κ2) is 12.0. The molecule has 0 bridgehead atoms. The lowest BCUT2D eigenvalue weighted by Crippen LogP contribution is -2.54. The maximum atomic E-state index is 13.3. The van der Waals surface area contributed by atoms with Gasteiger partial charge in [-0.1, -0.05) is 29.8 Å². The van der Waals surface area contributed by atoms with E-state index in [0.717, 1.165) is 21.6 Å². The molecule has 2 N–H and O–H groups in total. The van der Waals surface area contributed by atoms with Gasteiger partial charge in [-0.25, -0.2) is 9.69 Å². The minimum atomic E-state index is -0.819. The quantitative estimate of drug-likeness (QED) is 0.283. The molecule has 10 heteroatoms. The van der Waals surface area contributed by atoms with Gasteiger partial charge < -0.3 is 14.8 Å². The molecule has 0 saturated carbocycles. The van der Waals surface area contributed by atoms with Crippen LogP contribution in [0.2, 0.25) is 5.02 Å². The first kappa shape index (κ1) is 28.4. The Morgan fingerprint density at radius 3 is 2.38 bits per heavy atom. The van der Waals surface area contributed by atoms with Gasteiger partial charge in [0.15, 0.2) is 18.1 Å². The van der Waals surface area contributed by atoms with Gasteiger partial charge in [0.05, 0.1) is 12.3 Å². The number of benzene rings is 3. The fourth-order valence-electron chi connectivity index (χ4n) is 3.94. The summed E-state index contributed by atoms with van der Waals surface area (Å²) in [7, 11) is 0. The van der Waals surface area contributed by atoms with Gasteiger partial charge in [-0.15, -0.1) is 0 Å². The molecule has 1 fully saturated rings. The molecule has 3 aromatic carbocycles. The number of anilines is 2. The first-order valence-corrected chi connectivity index (χ1v) is 12.9. The molecule has 206 valence electrons. The fourth-order valence-corrected chi connectivity index (χ4v) is 4.12. The van der Waals surface area contributed by atoms with Crippen LogP contribution < -0.4 is 25.0 Å². The molecule has 5 amide bonds. The molecule has 3 aromatic rings. The van der Waals surface area contributed by atoms with E-state index in [1.54, 1.807) is 61.5 Å². The highest BCUT2D eigenvalue weighted by molar-refractivity contribution is 6.39. The number of nitrogens with one attached hydrogen (secondary N) is 2. The van der Waals surface area contributed by atoms with Crippen molar-refractivity contribution in [1.29, 1.82) is 0 Å². The molecule has 0 aromatic heterocycles. The van der Waals surface area contributed by atoms with Gasteiger partial charge in [0.25, 0.3) is 17.7 Å². The molecular formula is C30H28ClN3O6. The Morgan fingerprint density at radius 2 is 1.68 bits per heavy atom. The van der Waals surface area contributed by atoms with E-state index < -0.39 is 23.8 Å². The van der Waals surface area contributed by atoms with Crippen molar-refractivity contribution in [2.24, 2.45) is 0 Å². The molecule has 4 rings (SSSR count). The van der Waals surface area contributed by atoms with E-state index >= 15 is 0 Å². The summed E-state index contributed by atoms with van der Waals surface area (Å²) in [5, 5.41) is 5.48. The maximum absolute atomic E-state index is 13.3. The molecule has 0 radical (unpaired) electrons. The summed E-state index contributed by atoms with van der Waals surface area (Å²) in [6, 6.07) is 14.3. The van der Waals surface area contributed by atoms with Crippen molar-refractivity contribution in [3.63, 3.8) is 0 Å². The summed E-state index contributed by atoms with van der Waals surface area (Å²) in [4.78, 5) is 51.8. The largest absolute Gasteiger partial charge is 0.490 e. The van der Waals surface area contributed by atoms with Crippen molar-refractivity contribution >= 4 is 52.8 Å². The van der Waals surface area contributed by atoms with Crippen molar-refractivity contribution in [3.05, 3.63) is 87.4 Å². The molecule has 0 atom stereocenters. The van der Waals surface area contributed by atoms with Gasteiger partial charge in [0, 0.05) is 10.7 Å². The molecule has 1 aliphatic rings. The summed E-state index contributed by atoms with van der Waals surface area (Å²) >= 11 is 6.12. The number of hydrogen-bond donors (Lipinski definition) is 2. The molecule has 0 spiro atoms. The number of carbonyl (C=O) groups is 4. The summed E-state index contributed by atoms with van der Waals surface area (Å²) in [5.74, 6) is -1.33. The van der Waals surface area contributed by atoms with Crippen LogP contribution in [0.3, 0.4) is 0 Å². The van der Waals surface area contributed by atoms with Crippen LogP contribution in [0.15, 0.2) is 60.2 Å². The van der Waals surface area contributed by atoms with Crippen LogP contribution in [-0.4, -0.2) is 37.0 Å². The van der Waals surface area contributed by atoms with Crippen molar-refractivity contribution in [2.45, 2.75) is 27.7 Å². The third-order valence-electron chi connectivity index (χ3n) is 6.24. The zero-order valence-corrected chi connectivity index (χ0v) is 23.2. The highest BCUT2D eigenvalue weighted by Gasteiger charge is 2.37. The Labute approximate surface area is 236 Å². The van der Waals surface area contributed by atoms with Gasteiger partial charge in [-0.2, -0.15) is 0 Å². The number of nitrogens with zero attached hydrogens (tertiary/aromatic N) is 1. The number of halogens is 1. The maximum Gasteiger partial charge on any atom is 0.335 e. The van der Waals surface area contributed by atoms with Crippen LogP contribution >= 0.6 is 11.6 Å². The van der Waals surface area contributed by atoms with Crippen molar-refractivity contribution in [3.8, 4) is 11.5 Å². The lowest BCUT2D eigenvalue weighted by Gasteiger charge is -2.27. The number of imide groups is 2. The van der Waals surface area contributed by atoms with E-state index in [0.29, 0.717) is 40.1 Å². The van der Waals surface area contributed by atoms with Crippen LogP contribution in [-0.2, 0) is 14.4 Å². The van der Waals surface area contributed by atoms with E-state index in [2.05, 4.69) is 10.6 Å². The first-order valence-electron chi connectivity index (χ1n) is 12.5. The Morgan fingerprint density at radius 1 is 0.925 bits per heavy atom. The van der Waals surface area contributed by atoms with Crippen molar-refractivity contribution in [2.75, 3.05) is 23.4 Å². The fraction of sp³-hybridized carbons (Fsp3) is 0.200. The van der Waals surface area contributed by atoms with E-state index in [4.69, 9.17) is 21.1 Å². The summed E-state index contributed by atoms with van der Waals surface area (Å²) < 4.78 is 11.4. The van der Waals surface area contributed by atoms with E-state index in [1.807, 2.05) is 20.8 Å². The van der Waals surface area contributed by atoms with Gasteiger partial charge in [0.2, 0.25) is 0 Å². The predicted molar refractivity (Wildman–Crippen MR) is 153 cm³/mol. The molecule has 0 unspecified atom stereocenters. The van der Waals surface area contributed by atoms with Crippen molar-refractivity contribution in [1.82, 2.24) is 5.32 Å². The second-order valence-corrected chi connectivity index (χ2v) is 9.57. The third kappa shape index (κ3) is 6.32. The van der Waals surface area contributed by atoms with Crippen LogP contribution in [0.5, 0.6) is 11.5 Å². The number of hydrogen-bond acceptors (Lipinski definition) is 6. The molecule has 0 aliphatic carbocycles. The minimum absolute atomic E-state index is 0.218. The standard InChI is InChI=1S/C30H28ClN3O6/c1-5-39-26-14-20(8-11-25(26)40-16-27(35)32-21-9-6-18(3)24(31)15-21)13-23-28(36)33-30(38)34(29(23)37)22-10-7-17(2)19(4)12-22/h6-15H,5,16H2,1-4H3,(H,32,35)(H,33,36,38)/b23-13-. The number of amides is 5. The topological polar surface area (TPSA) is 114 Å².